The lowest BCUT2D eigenvalue weighted by Crippen LogP contribution is -2.49. The molecular weight excluding hydrogens is 323 g/mol. The summed E-state index contributed by atoms with van der Waals surface area (Å²) in [7, 11) is 0. The molecule has 2 aromatic heterocycles. The van der Waals surface area contributed by atoms with Gasteiger partial charge in [0, 0.05) is 24.2 Å². The van der Waals surface area contributed by atoms with E-state index in [2.05, 4.69) is 19.7 Å². The van der Waals surface area contributed by atoms with Gasteiger partial charge < -0.3 is 15.4 Å². The standard InChI is InChI=1S/C15H16F3N5O/c1-2-12-21-10(4-13(22-12)23-6-9(16)7-23)8-3-11(24-15(17)18)14(19)20-5-8/h3-5,9,15H,2,6-7H2,1H3,(H2,19,20). The Balaban J connectivity index is 1.97. The Kier molecular flexibility index (Phi) is 4.41. The third kappa shape index (κ3) is 3.34. The summed E-state index contributed by atoms with van der Waals surface area (Å²) in [6.45, 7) is -0.554. The Labute approximate surface area is 136 Å². The monoisotopic (exact) mass is 339 g/mol. The highest BCUT2D eigenvalue weighted by Crippen LogP contribution is 2.30. The van der Waals surface area contributed by atoms with Crippen molar-refractivity contribution in [1.82, 2.24) is 15.0 Å². The number of anilines is 2. The van der Waals surface area contributed by atoms with E-state index in [1.807, 2.05) is 6.92 Å². The number of hydrogen-bond donors (Lipinski definition) is 1. The molecule has 128 valence electrons. The van der Waals surface area contributed by atoms with Crippen LogP contribution in [-0.2, 0) is 6.42 Å². The van der Waals surface area contributed by atoms with Gasteiger partial charge in [-0.3, -0.25) is 0 Å². The van der Waals surface area contributed by atoms with E-state index in [9.17, 15) is 13.2 Å². The predicted octanol–water partition coefficient (Wildman–Crippen LogP) is 2.44. The molecule has 0 bridgehead atoms. The van der Waals surface area contributed by atoms with Gasteiger partial charge in [0.05, 0.1) is 18.8 Å². The zero-order valence-corrected chi connectivity index (χ0v) is 12.9. The molecule has 6 nitrogen and oxygen atoms in total. The normalized spacial score (nSPS) is 14.8. The van der Waals surface area contributed by atoms with E-state index in [1.54, 1.807) is 11.0 Å². The Morgan fingerprint density at radius 3 is 2.71 bits per heavy atom. The minimum absolute atomic E-state index is 0.132. The van der Waals surface area contributed by atoms with Crippen molar-refractivity contribution in [2.24, 2.45) is 0 Å². The molecule has 0 unspecified atom stereocenters. The quantitative estimate of drug-likeness (QED) is 0.902. The molecule has 0 amide bonds. The van der Waals surface area contributed by atoms with Gasteiger partial charge in [0.25, 0.3) is 0 Å². The highest BCUT2D eigenvalue weighted by Gasteiger charge is 2.28. The number of rotatable bonds is 5. The highest BCUT2D eigenvalue weighted by atomic mass is 19.3. The number of hydrogen-bond acceptors (Lipinski definition) is 6. The third-order valence-electron chi connectivity index (χ3n) is 3.63. The van der Waals surface area contributed by atoms with E-state index >= 15 is 0 Å². The molecule has 0 saturated carbocycles. The number of nitrogens with two attached hydrogens (primary N) is 1. The van der Waals surface area contributed by atoms with E-state index in [4.69, 9.17) is 5.73 Å². The van der Waals surface area contributed by atoms with Gasteiger partial charge in [-0.05, 0) is 6.07 Å². The summed E-state index contributed by atoms with van der Waals surface area (Å²) < 4.78 is 42.3. The van der Waals surface area contributed by atoms with Crippen molar-refractivity contribution in [1.29, 1.82) is 0 Å². The molecule has 9 heteroatoms. The van der Waals surface area contributed by atoms with Crippen LogP contribution in [-0.4, -0.2) is 40.8 Å². The Hall–Kier alpha value is -2.58. The first-order valence-electron chi connectivity index (χ1n) is 7.44. The van der Waals surface area contributed by atoms with Crippen LogP contribution in [0.25, 0.3) is 11.3 Å². The van der Waals surface area contributed by atoms with Gasteiger partial charge >= 0.3 is 6.61 Å². The summed E-state index contributed by atoms with van der Waals surface area (Å²) in [5.41, 5.74) is 6.50. The average Bonchev–Trinajstić information content (AvgIpc) is 2.53. The average molecular weight is 339 g/mol. The molecule has 0 radical (unpaired) electrons. The van der Waals surface area contributed by atoms with Gasteiger partial charge in [-0.1, -0.05) is 6.92 Å². The van der Waals surface area contributed by atoms with Crippen molar-refractivity contribution < 1.29 is 17.9 Å². The summed E-state index contributed by atoms with van der Waals surface area (Å²) in [6, 6.07) is 3.03. The maximum atomic E-state index is 13.1. The smallest absolute Gasteiger partial charge is 0.387 e. The van der Waals surface area contributed by atoms with Gasteiger partial charge in [0.1, 0.15) is 17.8 Å². The molecule has 0 spiro atoms. The maximum absolute atomic E-state index is 13.1. The van der Waals surface area contributed by atoms with E-state index in [1.165, 1.54) is 12.3 Å². The lowest BCUT2D eigenvalue weighted by Gasteiger charge is -2.35. The van der Waals surface area contributed by atoms with Crippen molar-refractivity contribution in [2.75, 3.05) is 23.7 Å². The van der Waals surface area contributed by atoms with Crippen LogP contribution in [0.2, 0.25) is 0 Å². The molecule has 0 aliphatic carbocycles. The van der Waals surface area contributed by atoms with Crippen LogP contribution >= 0.6 is 0 Å². The number of aryl methyl sites for hydroxylation is 1. The molecule has 1 fully saturated rings. The summed E-state index contributed by atoms with van der Waals surface area (Å²) in [5.74, 6) is 0.817. The molecule has 0 atom stereocenters. The first-order chi connectivity index (χ1) is 11.5. The van der Waals surface area contributed by atoms with Crippen molar-refractivity contribution in [3.8, 4) is 17.0 Å². The van der Waals surface area contributed by atoms with Crippen LogP contribution < -0.4 is 15.4 Å². The SMILES string of the molecule is CCc1nc(-c2cnc(N)c(OC(F)F)c2)cc(N2CC(F)C2)n1. The molecule has 3 rings (SSSR count). The van der Waals surface area contributed by atoms with E-state index < -0.39 is 12.8 Å². The Morgan fingerprint density at radius 1 is 1.33 bits per heavy atom. The summed E-state index contributed by atoms with van der Waals surface area (Å²) >= 11 is 0. The fourth-order valence-electron chi connectivity index (χ4n) is 2.35. The zero-order valence-electron chi connectivity index (χ0n) is 12.9. The van der Waals surface area contributed by atoms with Gasteiger partial charge in [-0.15, -0.1) is 0 Å². The van der Waals surface area contributed by atoms with Crippen molar-refractivity contribution in [2.45, 2.75) is 26.1 Å². The Bertz CT molecular complexity index is 737. The topological polar surface area (TPSA) is 77.2 Å². The molecule has 1 aliphatic rings. The van der Waals surface area contributed by atoms with Crippen molar-refractivity contribution in [3.63, 3.8) is 0 Å². The molecular formula is C15H16F3N5O. The molecule has 24 heavy (non-hydrogen) atoms. The first kappa shape index (κ1) is 16.3. The number of halogens is 3. The number of nitrogens with zero attached hydrogens (tertiary/aromatic N) is 4. The first-order valence-corrected chi connectivity index (χ1v) is 7.44. The second kappa shape index (κ2) is 6.50. The van der Waals surface area contributed by atoms with Crippen molar-refractivity contribution in [3.05, 3.63) is 24.2 Å². The van der Waals surface area contributed by atoms with Crippen LogP contribution in [0, 0.1) is 0 Å². The molecule has 0 aromatic carbocycles. The van der Waals surface area contributed by atoms with Crippen LogP contribution in [0.1, 0.15) is 12.7 Å². The second-order valence-electron chi connectivity index (χ2n) is 5.37. The lowest BCUT2D eigenvalue weighted by molar-refractivity contribution is -0.0494. The second-order valence-corrected chi connectivity index (χ2v) is 5.37. The van der Waals surface area contributed by atoms with Crippen molar-refractivity contribution >= 4 is 11.6 Å². The lowest BCUT2D eigenvalue weighted by atomic mass is 10.1. The Morgan fingerprint density at radius 2 is 2.08 bits per heavy atom. The maximum Gasteiger partial charge on any atom is 0.387 e. The van der Waals surface area contributed by atoms with Crippen LogP contribution in [0.3, 0.4) is 0 Å². The largest absolute Gasteiger partial charge is 0.431 e. The summed E-state index contributed by atoms with van der Waals surface area (Å²) in [5, 5.41) is 0. The van der Waals surface area contributed by atoms with Gasteiger partial charge in [0.2, 0.25) is 0 Å². The third-order valence-corrected chi connectivity index (χ3v) is 3.63. The molecule has 2 aromatic rings. The number of pyridine rings is 1. The molecule has 3 heterocycles. The fraction of sp³-hybridized carbons (Fsp3) is 0.400. The molecule has 1 aliphatic heterocycles. The fourth-order valence-corrected chi connectivity index (χ4v) is 2.35. The van der Waals surface area contributed by atoms with Gasteiger partial charge in [0.15, 0.2) is 11.6 Å². The number of alkyl halides is 3. The minimum atomic E-state index is -3.00. The number of aromatic nitrogens is 3. The van der Waals surface area contributed by atoms with Crippen LogP contribution in [0.15, 0.2) is 18.3 Å². The van der Waals surface area contributed by atoms with E-state index in [0.29, 0.717) is 29.3 Å². The number of nitrogen functional groups attached to an aromatic ring is 1. The molecule has 2 N–H and O–H groups in total. The van der Waals surface area contributed by atoms with Gasteiger partial charge in [-0.2, -0.15) is 8.78 Å². The van der Waals surface area contributed by atoms with Gasteiger partial charge in [-0.25, -0.2) is 19.3 Å². The summed E-state index contributed by atoms with van der Waals surface area (Å²) in [6.07, 6.45) is 1.14. The predicted molar refractivity (Wildman–Crippen MR) is 82.8 cm³/mol. The minimum Gasteiger partial charge on any atom is -0.431 e. The van der Waals surface area contributed by atoms with E-state index in [-0.39, 0.29) is 24.7 Å². The molecule has 1 saturated heterocycles. The zero-order chi connectivity index (χ0) is 17.3. The van der Waals surface area contributed by atoms with Crippen LogP contribution in [0.5, 0.6) is 5.75 Å². The van der Waals surface area contributed by atoms with Crippen LogP contribution in [0.4, 0.5) is 24.8 Å². The van der Waals surface area contributed by atoms with E-state index in [0.717, 1.165) is 0 Å². The summed E-state index contributed by atoms with van der Waals surface area (Å²) in [4.78, 5) is 14.4. The number of ether oxygens (including phenoxy) is 1. The highest BCUT2D eigenvalue weighted by molar-refractivity contribution is 5.66.